The van der Waals surface area contributed by atoms with Gasteiger partial charge in [0.15, 0.2) is 11.4 Å². The first-order valence-electron chi connectivity index (χ1n) is 11.2. The van der Waals surface area contributed by atoms with E-state index in [1.165, 1.54) is 10.9 Å². The van der Waals surface area contributed by atoms with Gasteiger partial charge in [0.05, 0.1) is 6.61 Å². The van der Waals surface area contributed by atoms with E-state index in [1.807, 2.05) is 24.3 Å². The standard InChI is InChI=1S/C24H25FN6O2/c1-2-6-19-22(10-9-18-20(14-25)28-33-24(18)19)32-12-5-11-31-15-16(13-23-26-29-30-27-23)17-7-3-4-8-21(17)31/h3-4,7-10,15H,2,5-6,11-14H2,1H3,(H,26,27,29,30). The fourth-order valence-corrected chi connectivity index (χ4v) is 4.30. The third-order valence-electron chi connectivity index (χ3n) is 5.81. The van der Waals surface area contributed by atoms with Crippen LogP contribution in [0.5, 0.6) is 5.75 Å². The third-order valence-corrected chi connectivity index (χ3v) is 5.81. The van der Waals surface area contributed by atoms with Crippen LogP contribution in [0, 0.1) is 0 Å². The van der Waals surface area contributed by atoms with E-state index in [4.69, 9.17) is 9.26 Å². The Morgan fingerprint density at radius 3 is 2.88 bits per heavy atom. The highest BCUT2D eigenvalue weighted by Crippen LogP contribution is 2.32. The van der Waals surface area contributed by atoms with E-state index in [2.05, 4.69) is 55.6 Å². The van der Waals surface area contributed by atoms with Crippen LogP contribution in [-0.2, 0) is 26.1 Å². The lowest BCUT2D eigenvalue weighted by molar-refractivity contribution is 0.299. The maximum atomic E-state index is 13.2. The summed E-state index contributed by atoms with van der Waals surface area (Å²) in [6.45, 7) is 2.82. The van der Waals surface area contributed by atoms with Crippen LogP contribution in [0.15, 0.2) is 47.1 Å². The largest absolute Gasteiger partial charge is 0.493 e. The lowest BCUT2D eigenvalue weighted by Crippen LogP contribution is -2.05. The zero-order chi connectivity index (χ0) is 22.6. The summed E-state index contributed by atoms with van der Waals surface area (Å²) in [7, 11) is 0. The van der Waals surface area contributed by atoms with Crippen molar-refractivity contribution in [2.24, 2.45) is 0 Å². The van der Waals surface area contributed by atoms with E-state index in [9.17, 15) is 4.39 Å². The highest BCUT2D eigenvalue weighted by Gasteiger charge is 2.16. The average Bonchev–Trinajstić information content (AvgIpc) is 3.58. The molecule has 3 heterocycles. The Morgan fingerprint density at radius 2 is 2.06 bits per heavy atom. The minimum Gasteiger partial charge on any atom is -0.493 e. The summed E-state index contributed by atoms with van der Waals surface area (Å²) < 4.78 is 27.0. The Balaban J connectivity index is 1.30. The van der Waals surface area contributed by atoms with E-state index in [0.29, 0.717) is 30.1 Å². The SMILES string of the molecule is CCCc1c(OCCCn2cc(Cc3nn[nH]n3)c3ccccc32)ccc2c(CF)noc12. The van der Waals surface area contributed by atoms with Crippen molar-refractivity contribution < 1.29 is 13.7 Å². The Kier molecular flexibility index (Phi) is 6.01. The Hall–Kier alpha value is -3.75. The van der Waals surface area contributed by atoms with Gasteiger partial charge in [0, 0.05) is 41.0 Å². The normalized spacial score (nSPS) is 11.6. The van der Waals surface area contributed by atoms with Crippen molar-refractivity contribution >= 4 is 21.9 Å². The number of nitrogens with zero attached hydrogens (tertiary/aromatic N) is 5. The van der Waals surface area contributed by atoms with E-state index in [1.54, 1.807) is 0 Å². The number of benzene rings is 2. The number of aromatic amines is 1. The summed E-state index contributed by atoms with van der Waals surface area (Å²) in [5, 5.41) is 20.1. The monoisotopic (exact) mass is 448 g/mol. The molecule has 0 atom stereocenters. The Bertz CT molecular complexity index is 1360. The molecule has 0 saturated carbocycles. The van der Waals surface area contributed by atoms with Gasteiger partial charge in [-0.1, -0.05) is 41.9 Å². The molecule has 0 aliphatic carbocycles. The first-order valence-corrected chi connectivity index (χ1v) is 11.2. The minimum absolute atomic E-state index is 0.338. The van der Waals surface area contributed by atoms with Gasteiger partial charge in [-0.05, 0) is 36.6 Å². The van der Waals surface area contributed by atoms with Gasteiger partial charge in [-0.3, -0.25) is 0 Å². The first-order chi connectivity index (χ1) is 16.3. The predicted molar refractivity (Wildman–Crippen MR) is 122 cm³/mol. The van der Waals surface area contributed by atoms with Crippen molar-refractivity contribution in [1.82, 2.24) is 30.3 Å². The molecule has 170 valence electrons. The number of H-pyrrole nitrogens is 1. The van der Waals surface area contributed by atoms with Crippen LogP contribution >= 0.6 is 0 Å². The lowest BCUT2D eigenvalue weighted by Gasteiger charge is -2.12. The number of aryl methyl sites for hydroxylation is 2. The molecule has 8 nitrogen and oxygen atoms in total. The van der Waals surface area contributed by atoms with Gasteiger partial charge in [0.1, 0.15) is 18.1 Å². The van der Waals surface area contributed by atoms with Gasteiger partial charge in [0.2, 0.25) is 0 Å². The first kappa shape index (κ1) is 21.1. The Labute approximate surface area is 189 Å². The number of tetrazole rings is 1. The van der Waals surface area contributed by atoms with Crippen LogP contribution in [0.4, 0.5) is 4.39 Å². The van der Waals surface area contributed by atoms with Crippen LogP contribution in [-0.4, -0.2) is 37.0 Å². The van der Waals surface area contributed by atoms with E-state index < -0.39 is 6.67 Å². The second-order valence-corrected chi connectivity index (χ2v) is 8.00. The molecular formula is C24H25FN6O2. The number of alkyl halides is 1. The molecule has 5 rings (SSSR count). The van der Waals surface area contributed by atoms with Gasteiger partial charge >= 0.3 is 0 Å². The van der Waals surface area contributed by atoms with Crippen LogP contribution in [0.3, 0.4) is 0 Å². The molecule has 33 heavy (non-hydrogen) atoms. The van der Waals surface area contributed by atoms with Crippen LogP contribution < -0.4 is 4.74 Å². The smallest absolute Gasteiger partial charge is 0.178 e. The molecule has 0 amide bonds. The van der Waals surface area contributed by atoms with Crippen LogP contribution in [0.2, 0.25) is 0 Å². The summed E-state index contributed by atoms with van der Waals surface area (Å²) >= 11 is 0. The van der Waals surface area contributed by atoms with Crippen LogP contribution in [0.1, 0.15) is 42.4 Å². The van der Waals surface area contributed by atoms with Gasteiger partial charge < -0.3 is 13.8 Å². The molecule has 9 heteroatoms. The second-order valence-electron chi connectivity index (χ2n) is 8.00. The predicted octanol–water partition coefficient (Wildman–Crippen LogP) is 4.78. The molecule has 3 aromatic heterocycles. The molecule has 0 bridgehead atoms. The molecular weight excluding hydrogens is 423 g/mol. The molecule has 1 N–H and O–H groups in total. The van der Waals surface area contributed by atoms with Gasteiger partial charge in [-0.2, -0.15) is 5.21 Å². The third kappa shape index (κ3) is 4.18. The molecule has 0 aliphatic heterocycles. The van der Waals surface area contributed by atoms with E-state index in [-0.39, 0.29) is 0 Å². The number of ether oxygens (including phenoxy) is 1. The fraction of sp³-hybridized carbons (Fsp3) is 0.333. The molecule has 0 aliphatic rings. The highest BCUT2D eigenvalue weighted by molar-refractivity contribution is 5.85. The number of rotatable bonds is 10. The zero-order valence-electron chi connectivity index (χ0n) is 18.4. The van der Waals surface area contributed by atoms with Gasteiger partial charge in [-0.25, -0.2) is 4.39 Å². The molecule has 0 radical (unpaired) electrons. The number of hydrogen-bond acceptors (Lipinski definition) is 6. The Morgan fingerprint density at radius 1 is 1.15 bits per heavy atom. The molecule has 0 fully saturated rings. The number of fused-ring (bicyclic) bond motifs is 2. The topological polar surface area (TPSA) is 94.7 Å². The fourth-order valence-electron chi connectivity index (χ4n) is 4.30. The van der Waals surface area contributed by atoms with E-state index in [0.717, 1.165) is 48.1 Å². The highest BCUT2D eigenvalue weighted by atomic mass is 19.1. The van der Waals surface area contributed by atoms with E-state index >= 15 is 0 Å². The molecule has 0 saturated heterocycles. The summed E-state index contributed by atoms with van der Waals surface area (Å²) in [5.41, 5.74) is 4.26. The second kappa shape index (κ2) is 9.40. The number of para-hydroxylation sites is 1. The van der Waals surface area contributed by atoms with Crippen molar-refractivity contribution in [2.75, 3.05) is 6.61 Å². The van der Waals surface area contributed by atoms with Crippen molar-refractivity contribution in [1.29, 1.82) is 0 Å². The van der Waals surface area contributed by atoms with Crippen LogP contribution in [0.25, 0.3) is 21.9 Å². The summed E-state index contributed by atoms with van der Waals surface area (Å²) in [5.74, 6) is 1.45. The van der Waals surface area contributed by atoms with Crippen molar-refractivity contribution in [3.8, 4) is 5.75 Å². The molecule has 0 spiro atoms. The summed E-state index contributed by atoms with van der Waals surface area (Å²) in [6.07, 6.45) is 5.33. The molecule has 2 aromatic carbocycles. The number of hydrogen-bond donors (Lipinski definition) is 1. The minimum atomic E-state index is -0.641. The summed E-state index contributed by atoms with van der Waals surface area (Å²) in [6, 6.07) is 12.1. The van der Waals surface area contributed by atoms with Gasteiger partial charge in [0.25, 0.3) is 0 Å². The average molecular weight is 449 g/mol. The quantitative estimate of drug-likeness (QED) is 0.309. The maximum absolute atomic E-state index is 13.2. The number of halogens is 1. The molecule has 0 unspecified atom stereocenters. The summed E-state index contributed by atoms with van der Waals surface area (Å²) in [4.78, 5) is 0. The van der Waals surface area contributed by atoms with Crippen molar-refractivity contribution in [3.63, 3.8) is 0 Å². The van der Waals surface area contributed by atoms with Crippen molar-refractivity contribution in [3.05, 3.63) is 65.2 Å². The number of nitrogens with one attached hydrogen (secondary N) is 1. The van der Waals surface area contributed by atoms with Crippen molar-refractivity contribution in [2.45, 2.75) is 45.8 Å². The maximum Gasteiger partial charge on any atom is 0.178 e. The molecule has 5 aromatic rings. The zero-order valence-corrected chi connectivity index (χ0v) is 18.4. The van der Waals surface area contributed by atoms with Gasteiger partial charge in [-0.15, -0.1) is 10.2 Å². The number of aromatic nitrogens is 6. The lowest BCUT2D eigenvalue weighted by atomic mass is 10.1.